The maximum atomic E-state index is 12.1. The summed E-state index contributed by atoms with van der Waals surface area (Å²) >= 11 is 5.93. The van der Waals surface area contributed by atoms with Crippen molar-refractivity contribution in [3.63, 3.8) is 0 Å². The van der Waals surface area contributed by atoms with Gasteiger partial charge in [0, 0.05) is 24.8 Å². The van der Waals surface area contributed by atoms with Gasteiger partial charge >= 0.3 is 5.97 Å². The van der Waals surface area contributed by atoms with Gasteiger partial charge in [0.2, 0.25) is 0 Å². The number of fused-ring (bicyclic) bond motifs is 1. The van der Waals surface area contributed by atoms with Crippen LogP contribution < -0.4 is 0 Å². The Morgan fingerprint density at radius 1 is 1.65 bits per heavy atom. The molecule has 1 amide bonds. The van der Waals surface area contributed by atoms with E-state index in [-0.39, 0.29) is 16.6 Å². The topological polar surface area (TPSA) is 59.5 Å². The van der Waals surface area contributed by atoms with E-state index in [1.807, 2.05) is 6.92 Å². The molecule has 90 valence electrons. The number of ether oxygens (including phenoxy) is 1. The fraction of sp³-hybridized carbons (Fsp3) is 0.364. The minimum atomic E-state index is -0.572. The maximum absolute atomic E-state index is 12.1. The average molecular weight is 255 g/mol. The Morgan fingerprint density at radius 3 is 2.94 bits per heavy atom. The Balaban J connectivity index is 2.59. The number of halogens is 1. The van der Waals surface area contributed by atoms with Crippen molar-refractivity contribution in [2.75, 3.05) is 13.7 Å². The van der Waals surface area contributed by atoms with Crippen molar-refractivity contribution >= 4 is 23.5 Å². The lowest BCUT2D eigenvalue weighted by Gasteiger charge is -2.11. The van der Waals surface area contributed by atoms with Crippen molar-refractivity contribution in [1.82, 2.24) is 9.88 Å². The molecule has 0 N–H and O–H groups in total. The van der Waals surface area contributed by atoms with Crippen LogP contribution in [-0.2, 0) is 11.3 Å². The second-order valence-electron chi connectivity index (χ2n) is 3.63. The first-order valence-electron chi connectivity index (χ1n) is 5.15. The van der Waals surface area contributed by atoms with Gasteiger partial charge in [-0.15, -0.1) is 0 Å². The van der Waals surface area contributed by atoms with Crippen LogP contribution in [-0.4, -0.2) is 35.4 Å². The van der Waals surface area contributed by atoms with Crippen molar-refractivity contribution < 1.29 is 14.3 Å². The normalized spacial score (nSPS) is 13.8. The molecule has 0 atom stereocenters. The molecule has 1 aliphatic heterocycles. The lowest BCUT2D eigenvalue weighted by atomic mass is 10.1. The summed E-state index contributed by atoms with van der Waals surface area (Å²) in [5.74, 6) is -0.774. The van der Waals surface area contributed by atoms with Crippen LogP contribution >= 0.6 is 11.6 Å². The standard InChI is InChI=1S/C11H11ClN2O3/c1-3-14-5-7-8(10(14)15)6(11(16)17-2)4-13-9(7)12/h4H,3,5H2,1-2H3. The molecule has 0 radical (unpaired) electrons. The van der Waals surface area contributed by atoms with E-state index in [4.69, 9.17) is 11.6 Å². The second kappa shape index (κ2) is 4.33. The molecule has 0 spiro atoms. The fourth-order valence-corrected chi connectivity index (χ4v) is 2.06. The van der Waals surface area contributed by atoms with E-state index in [0.717, 1.165) is 0 Å². The highest BCUT2D eigenvalue weighted by Crippen LogP contribution is 2.30. The number of pyridine rings is 1. The van der Waals surface area contributed by atoms with Crippen LogP contribution in [0.4, 0.5) is 0 Å². The van der Waals surface area contributed by atoms with Gasteiger partial charge in [0.05, 0.1) is 18.2 Å². The summed E-state index contributed by atoms with van der Waals surface area (Å²) in [4.78, 5) is 29.1. The second-order valence-corrected chi connectivity index (χ2v) is 3.99. The predicted molar refractivity (Wildman–Crippen MR) is 61.0 cm³/mol. The van der Waals surface area contributed by atoms with Gasteiger partial charge in [0.1, 0.15) is 5.15 Å². The zero-order valence-corrected chi connectivity index (χ0v) is 10.2. The fourth-order valence-electron chi connectivity index (χ4n) is 1.86. The van der Waals surface area contributed by atoms with Gasteiger partial charge < -0.3 is 9.64 Å². The molecule has 2 rings (SSSR count). The van der Waals surface area contributed by atoms with Crippen LogP contribution in [0.15, 0.2) is 6.20 Å². The molecule has 17 heavy (non-hydrogen) atoms. The summed E-state index contributed by atoms with van der Waals surface area (Å²) in [5, 5.41) is 0.261. The average Bonchev–Trinajstić information content (AvgIpc) is 2.68. The van der Waals surface area contributed by atoms with E-state index < -0.39 is 5.97 Å². The monoisotopic (exact) mass is 254 g/mol. The molecule has 1 aromatic heterocycles. The highest BCUT2D eigenvalue weighted by atomic mass is 35.5. The third-order valence-corrected chi connectivity index (χ3v) is 3.09. The molecule has 1 aliphatic rings. The van der Waals surface area contributed by atoms with Crippen molar-refractivity contribution in [2.45, 2.75) is 13.5 Å². The summed E-state index contributed by atoms with van der Waals surface area (Å²) in [6.07, 6.45) is 1.28. The molecule has 0 fully saturated rings. The zero-order valence-electron chi connectivity index (χ0n) is 9.49. The van der Waals surface area contributed by atoms with Gasteiger partial charge in [-0.1, -0.05) is 11.6 Å². The number of carbonyl (C=O) groups is 2. The Labute approximate surface area is 103 Å². The number of rotatable bonds is 2. The first-order valence-corrected chi connectivity index (χ1v) is 5.52. The molecule has 5 nitrogen and oxygen atoms in total. The largest absolute Gasteiger partial charge is 0.465 e. The van der Waals surface area contributed by atoms with E-state index in [2.05, 4.69) is 9.72 Å². The van der Waals surface area contributed by atoms with Crippen LogP contribution in [0.5, 0.6) is 0 Å². The van der Waals surface area contributed by atoms with Gasteiger partial charge in [0.25, 0.3) is 5.91 Å². The molecular weight excluding hydrogens is 244 g/mol. The molecule has 0 saturated heterocycles. The van der Waals surface area contributed by atoms with Gasteiger partial charge in [-0.3, -0.25) is 4.79 Å². The smallest absolute Gasteiger partial charge is 0.340 e. The summed E-state index contributed by atoms with van der Waals surface area (Å²) in [6, 6.07) is 0. The summed E-state index contributed by atoms with van der Waals surface area (Å²) < 4.78 is 4.63. The Morgan fingerprint density at radius 2 is 2.35 bits per heavy atom. The minimum absolute atomic E-state index is 0.174. The van der Waals surface area contributed by atoms with Crippen LogP contribution in [0.1, 0.15) is 33.2 Å². The number of hydrogen-bond donors (Lipinski definition) is 0. The molecular formula is C11H11ClN2O3. The first-order chi connectivity index (χ1) is 8.10. The first kappa shape index (κ1) is 11.9. The molecule has 0 unspecified atom stereocenters. The van der Waals surface area contributed by atoms with Gasteiger partial charge in [0.15, 0.2) is 0 Å². The third-order valence-electron chi connectivity index (χ3n) is 2.76. The quantitative estimate of drug-likeness (QED) is 0.593. The highest BCUT2D eigenvalue weighted by molar-refractivity contribution is 6.31. The number of aromatic nitrogens is 1. The molecule has 0 aliphatic carbocycles. The number of carbonyl (C=O) groups excluding carboxylic acids is 2. The van der Waals surface area contributed by atoms with Crippen LogP contribution in [0.2, 0.25) is 5.15 Å². The van der Waals surface area contributed by atoms with E-state index in [1.165, 1.54) is 13.3 Å². The number of methoxy groups -OCH3 is 1. The SMILES string of the molecule is CCN1Cc2c(Cl)ncc(C(=O)OC)c2C1=O. The van der Waals surface area contributed by atoms with Crippen LogP contribution in [0, 0.1) is 0 Å². The zero-order chi connectivity index (χ0) is 12.6. The summed E-state index contributed by atoms with van der Waals surface area (Å²) in [7, 11) is 1.26. The maximum Gasteiger partial charge on any atom is 0.340 e. The highest BCUT2D eigenvalue weighted by Gasteiger charge is 2.33. The van der Waals surface area contributed by atoms with E-state index in [9.17, 15) is 9.59 Å². The minimum Gasteiger partial charge on any atom is -0.465 e. The predicted octanol–water partition coefficient (Wildman–Crippen LogP) is 1.50. The van der Waals surface area contributed by atoms with Crippen molar-refractivity contribution in [1.29, 1.82) is 0 Å². The number of esters is 1. The number of nitrogens with zero attached hydrogens (tertiary/aromatic N) is 2. The van der Waals surface area contributed by atoms with Gasteiger partial charge in [-0.25, -0.2) is 9.78 Å². The molecule has 0 saturated carbocycles. The molecule has 0 bridgehead atoms. The lowest BCUT2D eigenvalue weighted by molar-refractivity contribution is 0.0593. The Hall–Kier alpha value is -1.62. The van der Waals surface area contributed by atoms with Gasteiger partial charge in [-0.05, 0) is 6.92 Å². The molecule has 6 heteroatoms. The van der Waals surface area contributed by atoms with E-state index >= 15 is 0 Å². The Bertz CT molecular complexity index is 502. The summed E-state index contributed by atoms with van der Waals surface area (Å²) in [5.41, 5.74) is 1.09. The molecule has 1 aromatic rings. The van der Waals surface area contributed by atoms with E-state index in [1.54, 1.807) is 4.90 Å². The lowest BCUT2D eigenvalue weighted by Crippen LogP contribution is -2.24. The third kappa shape index (κ3) is 1.76. The number of hydrogen-bond acceptors (Lipinski definition) is 4. The van der Waals surface area contributed by atoms with Crippen molar-refractivity contribution in [3.05, 3.63) is 28.0 Å². The van der Waals surface area contributed by atoms with Crippen molar-refractivity contribution in [3.8, 4) is 0 Å². The summed E-state index contributed by atoms with van der Waals surface area (Å²) in [6.45, 7) is 2.81. The van der Waals surface area contributed by atoms with E-state index in [0.29, 0.717) is 24.2 Å². The van der Waals surface area contributed by atoms with Crippen LogP contribution in [0.3, 0.4) is 0 Å². The van der Waals surface area contributed by atoms with Gasteiger partial charge in [-0.2, -0.15) is 0 Å². The number of amides is 1. The van der Waals surface area contributed by atoms with Crippen LogP contribution in [0.25, 0.3) is 0 Å². The molecule has 0 aromatic carbocycles. The van der Waals surface area contributed by atoms with Crippen molar-refractivity contribution in [2.24, 2.45) is 0 Å². The Kier molecular flexibility index (Phi) is 3.02. The molecule has 2 heterocycles.